The van der Waals surface area contributed by atoms with Gasteiger partial charge < -0.3 is 19.6 Å². The molecule has 4 aliphatic heterocycles. The Morgan fingerprint density at radius 2 is 0.694 bits per heavy atom. The summed E-state index contributed by atoms with van der Waals surface area (Å²) in [7, 11) is 0. The van der Waals surface area contributed by atoms with Crippen molar-refractivity contribution in [2.75, 3.05) is 19.6 Å². The van der Waals surface area contributed by atoms with Gasteiger partial charge in [0.15, 0.2) is 0 Å². The number of benzene rings is 11. The highest BCUT2D eigenvalue weighted by Gasteiger charge is 2.46. The van der Waals surface area contributed by atoms with Crippen molar-refractivity contribution in [2.24, 2.45) is 0 Å². The van der Waals surface area contributed by atoms with Crippen LogP contribution in [-0.4, -0.2) is 13.4 Å². The monoisotopic (exact) mass is 916 g/mol. The number of aryl methyl sites for hydroxylation is 2. The van der Waals surface area contributed by atoms with Gasteiger partial charge in [0.25, 0.3) is 13.4 Å². The topological polar surface area (TPSA) is 13.0 Å². The van der Waals surface area contributed by atoms with Crippen molar-refractivity contribution in [3.05, 3.63) is 254 Å². The summed E-state index contributed by atoms with van der Waals surface area (Å²) in [6.07, 6.45) is 0. The van der Waals surface area contributed by atoms with Crippen LogP contribution in [-0.2, 0) is 0 Å². The molecule has 0 bridgehead atoms. The molecule has 11 aromatic rings. The normalized spacial score (nSPS) is 13.5. The lowest BCUT2D eigenvalue weighted by molar-refractivity contribution is 1.21. The summed E-state index contributed by atoms with van der Waals surface area (Å²) in [6.45, 7) is 4.60. The Balaban J connectivity index is 1.02. The van der Waals surface area contributed by atoms with E-state index in [2.05, 4.69) is 276 Å². The van der Waals surface area contributed by atoms with Crippen molar-refractivity contribution in [3.8, 4) is 11.1 Å². The Hall–Kier alpha value is -8.99. The quantitative estimate of drug-likeness (QED) is 0.160. The number of hydrogen-bond acceptors (Lipinski definition) is 4. The van der Waals surface area contributed by atoms with E-state index in [0.29, 0.717) is 0 Å². The third-order valence-corrected chi connectivity index (χ3v) is 15.7. The summed E-state index contributed by atoms with van der Waals surface area (Å²) in [5.41, 5.74) is 27.1. The molecule has 0 N–H and O–H groups in total. The van der Waals surface area contributed by atoms with E-state index < -0.39 is 0 Å². The number of fused-ring (bicyclic) bond motifs is 9. The number of rotatable bonds is 5. The number of nitrogens with zero attached hydrogens (tertiary/aromatic N) is 4. The molecule has 11 aromatic carbocycles. The average molecular weight is 917 g/mol. The molecule has 0 unspecified atom stereocenters. The second-order valence-electron chi connectivity index (χ2n) is 19.7. The van der Waals surface area contributed by atoms with Crippen LogP contribution in [0.25, 0.3) is 21.9 Å². The van der Waals surface area contributed by atoms with Crippen LogP contribution < -0.4 is 52.4 Å². The zero-order valence-corrected chi connectivity index (χ0v) is 40.0. The van der Waals surface area contributed by atoms with Gasteiger partial charge in [0.2, 0.25) is 0 Å². The number of anilines is 12. The predicted octanol–water partition coefficient (Wildman–Crippen LogP) is 13.3. The molecule has 0 fully saturated rings. The lowest BCUT2D eigenvalue weighted by atomic mass is 9.33. The zero-order chi connectivity index (χ0) is 47.6. The van der Waals surface area contributed by atoms with E-state index in [9.17, 15) is 0 Å². The van der Waals surface area contributed by atoms with Crippen LogP contribution in [0.2, 0.25) is 0 Å². The van der Waals surface area contributed by atoms with Gasteiger partial charge in [-0.15, -0.1) is 0 Å². The molecule has 336 valence electrons. The molecule has 4 aliphatic rings. The van der Waals surface area contributed by atoms with E-state index >= 15 is 0 Å². The van der Waals surface area contributed by atoms with Gasteiger partial charge in [-0.25, -0.2) is 0 Å². The molecule has 0 amide bonds. The first-order valence-corrected chi connectivity index (χ1v) is 25.2. The summed E-state index contributed by atoms with van der Waals surface area (Å²) < 4.78 is 0. The highest BCUT2D eigenvalue weighted by Crippen LogP contribution is 2.49. The molecule has 0 aliphatic carbocycles. The van der Waals surface area contributed by atoms with Crippen molar-refractivity contribution in [1.29, 1.82) is 0 Å². The Labute approximate surface area is 421 Å². The Morgan fingerprint density at radius 1 is 0.264 bits per heavy atom. The third kappa shape index (κ3) is 5.90. The standard InChI is InChI=1S/C66H46B2N4/c1-43-38-44(2)66-64-65(43)71(50-24-8-4-9-25-50)59-33-19-16-30-55(59)68(64)56-40-47(35-37-60(56)72(66)51-26-10-5-11-27-51)48-41-61-63-62(42-48)70(52-36-34-45-20-12-13-21-46(45)39-52)58-32-18-15-29-54(58)67(63)53-28-14-17-31-57(53)69(61)49-22-6-3-7-23-49/h3-42H,1-2H3. The van der Waals surface area contributed by atoms with Crippen LogP contribution in [0.15, 0.2) is 243 Å². The molecule has 6 heteroatoms. The van der Waals surface area contributed by atoms with Gasteiger partial charge in [0.1, 0.15) is 0 Å². The van der Waals surface area contributed by atoms with Gasteiger partial charge in [-0.05, 0) is 165 Å². The van der Waals surface area contributed by atoms with Crippen LogP contribution in [0.4, 0.5) is 68.2 Å². The summed E-state index contributed by atoms with van der Waals surface area (Å²) >= 11 is 0. The van der Waals surface area contributed by atoms with Crippen molar-refractivity contribution < 1.29 is 0 Å². The van der Waals surface area contributed by atoms with E-state index in [1.807, 2.05) is 0 Å². The molecule has 4 heterocycles. The molecule has 0 spiro atoms. The molecule has 0 saturated carbocycles. The van der Waals surface area contributed by atoms with Gasteiger partial charge in [0, 0.05) is 68.2 Å². The van der Waals surface area contributed by atoms with E-state index in [1.54, 1.807) is 0 Å². The van der Waals surface area contributed by atoms with Crippen molar-refractivity contribution >= 4 is 125 Å². The fraction of sp³-hybridized carbons (Fsp3) is 0.0303. The van der Waals surface area contributed by atoms with Crippen LogP contribution in [0.1, 0.15) is 11.1 Å². The lowest BCUT2D eigenvalue weighted by Crippen LogP contribution is -2.61. The molecule has 15 rings (SSSR count). The van der Waals surface area contributed by atoms with Crippen LogP contribution in [0.5, 0.6) is 0 Å². The first-order chi connectivity index (χ1) is 35.6. The third-order valence-electron chi connectivity index (χ3n) is 15.7. The highest BCUT2D eigenvalue weighted by atomic mass is 15.2. The fourth-order valence-electron chi connectivity index (χ4n) is 12.9. The first-order valence-electron chi connectivity index (χ1n) is 25.2. The van der Waals surface area contributed by atoms with Gasteiger partial charge in [-0.1, -0.05) is 158 Å². The van der Waals surface area contributed by atoms with Crippen molar-refractivity contribution in [3.63, 3.8) is 0 Å². The summed E-state index contributed by atoms with van der Waals surface area (Å²) in [4.78, 5) is 10.1. The molecule has 72 heavy (non-hydrogen) atoms. The SMILES string of the molecule is Cc1cc(C)c2c3c1N(c1ccccc1)c1ccccc1B3c1cc(-c3cc4c5c(c3)N(c3ccc6ccccc6c3)c3ccccc3B5c3ccccc3N4c3ccccc3)ccc1N2c1ccccc1. The Bertz CT molecular complexity index is 3990. The lowest BCUT2D eigenvalue weighted by Gasteiger charge is -2.45. The van der Waals surface area contributed by atoms with E-state index in [0.717, 1.165) is 22.7 Å². The molecule has 0 aromatic heterocycles. The Kier molecular flexibility index (Phi) is 8.94. The number of hydrogen-bond donors (Lipinski definition) is 0. The van der Waals surface area contributed by atoms with E-state index in [4.69, 9.17) is 0 Å². The molecule has 0 atom stereocenters. The van der Waals surface area contributed by atoms with Gasteiger partial charge >= 0.3 is 0 Å². The molecular weight excluding hydrogens is 870 g/mol. The van der Waals surface area contributed by atoms with Crippen LogP contribution in [0.3, 0.4) is 0 Å². The van der Waals surface area contributed by atoms with E-state index in [-0.39, 0.29) is 13.4 Å². The molecule has 0 radical (unpaired) electrons. The minimum atomic E-state index is -0.0197. The zero-order valence-electron chi connectivity index (χ0n) is 40.0. The van der Waals surface area contributed by atoms with E-state index in [1.165, 1.54) is 111 Å². The van der Waals surface area contributed by atoms with Crippen molar-refractivity contribution in [1.82, 2.24) is 0 Å². The maximum Gasteiger partial charge on any atom is 0.252 e. The predicted molar refractivity (Wildman–Crippen MR) is 307 cm³/mol. The molecule has 4 nitrogen and oxygen atoms in total. The van der Waals surface area contributed by atoms with Gasteiger partial charge in [-0.3, -0.25) is 0 Å². The first kappa shape index (κ1) is 40.9. The van der Waals surface area contributed by atoms with Crippen LogP contribution in [0, 0.1) is 13.8 Å². The largest absolute Gasteiger partial charge is 0.311 e. The summed E-state index contributed by atoms with van der Waals surface area (Å²) in [5.74, 6) is 0. The smallest absolute Gasteiger partial charge is 0.252 e. The average Bonchev–Trinajstić information content (AvgIpc) is 3.44. The van der Waals surface area contributed by atoms with Gasteiger partial charge in [0.05, 0.1) is 0 Å². The Morgan fingerprint density at radius 3 is 1.25 bits per heavy atom. The number of para-hydroxylation sites is 6. The summed E-state index contributed by atoms with van der Waals surface area (Å²) in [6, 6.07) is 90.4. The van der Waals surface area contributed by atoms with Crippen molar-refractivity contribution in [2.45, 2.75) is 13.8 Å². The molecular formula is C66H46B2N4. The van der Waals surface area contributed by atoms with Gasteiger partial charge in [-0.2, -0.15) is 0 Å². The minimum absolute atomic E-state index is 0.0197. The van der Waals surface area contributed by atoms with Crippen LogP contribution >= 0.6 is 0 Å². The maximum atomic E-state index is 2.54. The second kappa shape index (κ2) is 15.8. The summed E-state index contributed by atoms with van der Waals surface area (Å²) in [5, 5.41) is 2.45. The minimum Gasteiger partial charge on any atom is -0.311 e. The second-order valence-corrected chi connectivity index (χ2v) is 19.7. The highest BCUT2D eigenvalue weighted by molar-refractivity contribution is 7.01. The molecule has 0 saturated heterocycles. The maximum absolute atomic E-state index is 2.54. The fourth-order valence-corrected chi connectivity index (χ4v) is 12.9.